The number of rotatable bonds is 6. The number of amides is 3. The molecule has 0 saturated carbocycles. The van der Waals surface area contributed by atoms with Crippen LogP contribution in [-0.2, 0) is 19.8 Å². The van der Waals surface area contributed by atoms with Gasteiger partial charge < -0.3 is 31.5 Å². The maximum absolute atomic E-state index is 12.5. The summed E-state index contributed by atoms with van der Waals surface area (Å²) < 4.78 is 0. The molecule has 9 heteroatoms. The van der Waals surface area contributed by atoms with E-state index < -0.39 is 11.0 Å². The van der Waals surface area contributed by atoms with Gasteiger partial charge in [-0.15, -0.1) is 0 Å². The normalized spacial score (nSPS) is 26.4. The number of piperidine rings is 1. The van der Waals surface area contributed by atoms with Crippen LogP contribution in [0, 0.1) is 6.92 Å². The summed E-state index contributed by atoms with van der Waals surface area (Å²) >= 11 is 0. The van der Waals surface area contributed by atoms with Crippen molar-refractivity contribution in [1.82, 2.24) is 15.5 Å². The molecule has 1 fully saturated rings. The van der Waals surface area contributed by atoms with Gasteiger partial charge in [0.15, 0.2) is 0 Å². The first-order chi connectivity index (χ1) is 16.9. The van der Waals surface area contributed by atoms with Crippen molar-refractivity contribution in [2.24, 2.45) is 5.73 Å². The van der Waals surface area contributed by atoms with Crippen molar-refractivity contribution >= 4 is 18.7 Å². The molecule has 9 nitrogen and oxygen atoms in total. The molecule has 0 aromatic heterocycles. The Morgan fingerprint density at radius 1 is 1.28 bits per heavy atom. The number of benzene rings is 1. The van der Waals surface area contributed by atoms with E-state index in [0.717, 1.165) is 23.2 Å². The van der Waals surface area contributed by atoms with Gasteiger partial charge in [-0.25, -0.2) is 0 Å². The van der Waals surface area contributed by atoms with Crippen LogP contribution >= 0.6 is 0 Å². The van der Waals surface area contributed by atoms with Crippen LogP contribution in [0.3, 0.4) is 0 Å². The Labute approximate surface area is 213 Å². The molecule has 1 aliphatic carbocycles. The van der Waals surface area contributed by atoms with E-state index in [-0.39, 0.29) is 36.6 Å². The number of hydrogen-bond donors (Lipinski definition) is 5. The molecule has 3 unspecified atom stereocenters. The number of nitrogens with one attached hydrogen (secondary N) is 2. The number of nitrogens with two attached hydrogens (primary N) is 1. The van der Waals surface area contributed by atoms with Crippen molar-refractivity contribution in [2.75, 3.05) is 13.6 Å². The number of aliphatic hydroxyl groups is 1. The molecule has 0 bridgehead atoms. The number of aryl methyl sites for hydroxylation is 1. The summed E-state index contributed by atoms with van der Waals surface area (Å²) in [4.78, 5) is 34.8. The van der Waals surface area contributed by atoms with Crippen LogP contribution < -0.4 is 16.4 Å². The average Bonchev–Trinajstić information content (AvgIpc) is 2.80. The number of allylic oxidation sites excluding steroid dienone is 2. The predicted molar refractivity (Wildman–Crippen MR) is 139 cm³/mol. The molecule has 3 rings (SSSR count). The standard InChI is InChI=1S/C26H37N3O4.CH3NO/c1-16(2)28-24(32)18(4)11-20-13-26(33)19(5)29(6)10-9-25(26,14-23(20)27-15-30)22-12-21(31)8-7-17(22)3;2-1-3/h7-8,11-12,15-16,19,31,33H,9-10,13-14H2,1-6H3,(H,27,30)(H,28,32);1H,(H2,2,3)/b18-11+;. The number of phenolic OH excluding ortho intramolecular Hbond substituents is 1. The first kappa shape index (κ1) is 29.1. The van der Waals surface area contributed by atoms with Gasteiger partial charge in [0.25, 0.3) is 0 Å². The van der Waals surface area contributed by atoms with E-state index in [1.165, 1.54) is 0 Å². The lowest BCUT2D eigenvalue weighted by molar-refractivity contribution is -0.132. The highest BCUT2D eigenvalue weighted by atomic mass is 16.3. The van der Waals surface area contributed by atoms with Gasteiger partial charge in [-0.1, -0.05) is 6.07 Å². The zero-order valence-corrected chi connectivity index (χ0v) is 22.1. The number of hydrogen-bond acceptors (Lipinski definition) is 6. The molecule has 1 aromatic rings. The van der Waals surface area contributed by atoms with Crippen LogP contribution in [0.2, 0.25) is 0 Å². The summed E-state index contributed by atoms with van der Waals surface area (Å²) in [5.74, 6) is -0.0240. The lowest BCUT2D eigenvalue weighted by atomic mass is 9.53. The molecular formula is C27H40N4O5. The minimum atomic E-state index is -1.17. The first-order valence-electron chi connectivity index (χ1n) is 12.2. The second-order valence-electron chi connectivity index (χ2n) is 10.1. The lowest BCUT2D eigenvalue weighted by Crippen LogP contribution is -2.68. The van der Waals surface area contributed by atoms with Gasteiger partial charge in [-0.3, -0.25) is 14.4 Å². The fourth-order valence-electron chi connectivity index (χ4n) is 5.56. The SMILES string of the molecule is C/C(=C\C1=C(NC=O)CC2(c3cc(O)ccc3C)CCN(C)C(C)C2(O)C1)C(=O)NC(C)C.NC=O. The molecule has 3 amide bonds. The highest BCUT2D eigenvalue weighted by Gasteiger charge is 2.60. The monoisotopic (exact) mass is 500 g/mol. The van der Waals surface area contributed by atoms with Crippen molar-refractivity contribution in [3.05, 3.63) is 52.2 Å². The summed E-state index contributed by atoms with van der Waals surface area (Å²) in [6.45, 7) is 10.3. The van der Waals surface area contributed by atoms with E-state index in [9.17, 15) is 19.8 Å². The van der Waals surface area contributed by atoms with E-state index in [0.29, 0.717) is 30.5 Å². The quantitative estimate of drug-likeness (QED) is 0.297. The summed E-state index contributed by atoms with van der Waals surface area (Å²) in [5, 5.41) is 28.4. The minimum absolute atomic E-state index is 0.00587. The largest absolute Gasteiger partial charge is 0.508 e. The Bertz CT molecular complexity index is 1050. The number of aromatic hydroxyl groups is 1. The zero-order valence-electron chi connectivity index (χ0n) is 22.1. The van der Waals surface area contributed by atoms with Crippen molar-refractivity contribution in [3.63, 3.8) is 0 Å². The topological polar surface area (TPSA) is 145 Å². The summed E-state index contributed by atoms with van der Waals surface area (Å²) in [5.41, 5.74) is 6.14. The van der Waals surface area contributed by atoms with Gasteiger partial charge in [-0.2, -0.15) is 0 Å². The molecule has 3 atom stereocenters. The van der Waals surface area contributed by atoms with Crippen LogP contribution in [0.5, 0.6) is 5.75 Å². The second kappa shape index (κ2) is 11.7. The van der Waals surface area contributed by atoms with Crippen molar-refractivity contribution in [3.8, 4) is 5.75 Å². The number of carbonyl (C=O) groups is 3. The summed E-state index contributed by atoms with van der Waals surface area (Å²) in [6.07, 6.45) is 4.02. The molecule has 36 heavy (non-hydrogen) atoms. The van der Waals surface area contributed by atoms with Gasteiger partial charge >= 0.3 is 0 Å². The van der Waals surface area contributed by atoms with Gasteiger partial charge in [0.2, 0.25) is 18.7 Å². The molecule has 1 saturated heterocycles. The third kappa shape index (κ3) is 5.63. The van der Waals surface area contributed by atoms with Gasteiger partial charge in [-0.05, 0) is 89.5 Å². The van der Waals surface area contributed by atoms with Crippen LogP contribution in [0.15, 0.2) is 41.1 Å². The number of nitrogens with zero attached hydrogens (tertiary/aromatic N) is 1. The van der Waals surface area contributed by atoms with E-state index in [4.69, 9.17) is 4.79 Å². The number of likely N-dealkylation sites (tertiary alicyclic amines) is 1. The molecular weight excluding hydrogens is 460 g/mol. The van der Waals surface area contributed by atoms with Crippen molar-refractivity contribution in [2.45, 2.75) is 77.0 Å². The average molecular weight is 501 g/mol. The van der Waals surface area contributed by atoms with Gasteiger partial charge in [0.1, 0.15) is 5.75 Å². The summed E-state index contributed by atoms with van der Waals surface area (Å²) in [7, 11) is 2.00. The lowest BCUT2D eigenvalue weighted by Gasteiger charge is -2.60. The third-order valence-corrected chi connectivity index (χ3v) is 7.54. The maximum atomic E-state index is 12.5. The zero-order chi connectivity index (χ0) is 27.3. The fourth-order valence-corrected chi connectivity index (χ4v) is 5.56. The van der Waals surface area contributed by atoms with Gasteiger partial charge in [0, 0.05) is 41.6 Å². The number of likely N-dealkylation sites (N-methyl/N-ethyl adjacent to an activating group) is 1. The summed E-state index contributed by atoms with van der Waals surface area (Å²) in [6, 6.07) is 5.10. The van der Waals surface area contributed by atoms with Crippen LogP contribution in [0.4, 0.5) is 0 Å². The highest BCUT2D eigenvalue weighted by molar-refractivity contribution is 5.93. The Morgan fingerprint density at radius 2 is 1.92 bits per heavy atom. The second-order valence-corrected chi connectivity index (χ2v) is 10.1. The van der Waals surface area contributed by atoms with Crippen molar-refractivity contribution in [1.29, 1.82) is 0 Å². The van der Waals surface area contributed by atoms with E-state index in [1.54, 1.807) is 25.1 Å². The number of carbonyl (C=O) groups excluding carboxylic acids is 3. The Morgan fingerprint density at radius 3 is 2.50 bits per heavy atom. The Balaban J connectivity index is 0.00000145. The Kier molecular flexibility index (Phi) is 9.45. The third-order valence-electron chi connectivity index (χ3n) is 7.54. The molecule has 1 aromatic carbocycles. The molecule has 198 valence electrons. The molecule has 2 aliphatic rings. The van der Waals surface area contributed by atoms with Gasteiger partial charge in [0.05, 0.1) is 5.60 Å². The van der Waals surface area contributed by atoms with E-state index >= 15 is 0 Å². The number of fused-ring (bicyclic) bond motifs is 1. The molecule has 0 radical (unpaired) electrons. The van der Waals surface area contributed by atoms with E-state index in [1.807, 2.05) is 40.8 Å². The highest BCUT2D eigenvalue weighted by Crippen LogP contribution is 2.56. The molecule has 6 N–H and O–H groups in total. The minimum Gasteiger partial charge on any atom is -0.508 e. The molecule has 0 spiro atoms. The maximum Gasteiger partial charge on any atom is 0.247 e. The first-order valence-corrected chi connectivity index (χ1v) is 12.2. The fraction of sp³-hybridized carbons (Fsp3) is 0.519. The molecule has 1 heterocycles. The smallest absolute Gasteiger partial charge is 0.247 e. The number of primary amides is 1. The van der Waals surface area contributed by atoms with Crippen LogP contribution in [0.25, 0.3) is 0 Å². The van der Waals surface area contributed by atoms with Crippen molar-refractivity contribution < 1.29 is 24.6 Å². The molecule has 1 aliphatic heterocycles. The van der Waals surface area contributed by atoms with E-state index in [2.05, 4.69) is 21.3 Å². The van der Waals surface area contributed by atoms with Crippen LogP contribution in [0.1, 0.15) is 58.1 Å². The Hall–Kier alpha value is -3.17. The predicted octanol–water partition coefficient (Wildman–Crippen LogP) is 1.76. The van der Waals surface area contributed by atoms with Crippen LogP contribution in [-0.4, -0.2) is 65.1 Å². The number of phenols is 1.